The number of rotatable bonds is 5. The zero-order chi connectivity index (χ0) is 20.4. The molecule has 0 radical (unpaired) electrons. The molecule has 0 aliphatic heterocycles. The van der Waals surface area contributed by atoms with Gasteiger partial charge in [0.1, 0.15) is 5.82 Å². The van der Waals surface area contributed by atoms with E-state index >= 15 is 0 Å². The van der Waals surface area contributed by atoms with Crippen LogP contribution < -0.4 is 10.6 Å². The fraction of sp³-hybridized carbons (Fsp3) is 0.565. The van der Waals surface area contributed by atoms with Crippen molar-refractivity contribution in [3.63, 3.8) is 0 Å². The highest BCUT2D eigenvalue weighted by Crippen LogP contribution is 2.43. The first-order valence-electron chi connectivity index (χ1n) is 10.8. The standard InChI is InChI=1S/C23H32FN5.HI/c1-16(2)29-14-17-5-10-20(13-21(17)28-29)27-22(25-3)26-15-23(11-4-12-23)18-6-8-19(24)9-7-18;/h6-9,14,16,20H,4-5,10-13,15H2,1-3H3,(H2,25,26,27);1H. The van der Waals surface area contributed by atoms with Crippen molar-refractivity contribution in [1.29, 1.82) is 0 Å². The third-order valence-corrected chi connectivity index (χ3v) is 6.55. The van der Waals surface area contributed by atoms with E-state index in [1.807, 2.05) is 19.2 Å². The molecule has 7 heteroatoms. The van der Waals surface area contributed by atoms with Crippen LogP contribution in [-0.2, 0) is 18.3 Å². The van der Waals surface area contributed by atoms with E-state index in [0.29, 0.717) is 12.1 Å². The van der Waals surface area contributed by atoms with Gasteiger partial charge in [0.25, 0.3) is 0 Å². The largest absolute Gasteiger partial charge is 0.356 e. The molecule has 0 spiro atoms. The Balaban J connectivity index is 0.00000256. The van der Waals surface area contributed by atoms with E-state index in [4.69, 9.17) is 5.10 Å². The van der Waals surface area contributed by atoms with Crippen molar-refractivity contribution in [2.24, 2.45) is 4.99 Å². The molecule has 0 saturated heterocycles. The Kier molecular flexibility index (Phi) is 7.42. The summed E-state index contributed by atoms with van der Waals surface area (Å²) >= 11 is 0. The monoisotopic (exact) mass is 525 g/mol. The van der Waals surface area contributed by atoms with Gasteiger partial charge in [-0.15, -0.1) is 24.0 Å². The predicted molar refractivity (Wildman–Crippen MR) is 130 cm³/mol. The van der Waals surface area contributed by atoms with Gasteiger partial charge in [-0.05, 0) is 62.8 Å². The van der Waals surface area contributed by atoms with Crippen LogP contribution in [0.3, 0.4) is 0 Å². The number of halogens is 2. The molecule has 4 rings (SSSR count). The smallest absolute Gasteiger partial charge is 0.191 e. The molecule has 2 aliphatic rings. The lowest BCUT2D eigenvalue weighted by Crippen LogP contribution is -2.51. The minimum Gasteiger partial charge on any atom is -0.356 e. The molecule has 1 unspecified atom stereocenters. The number of fused-ring (bicyclic) bond motifs is 1. The van der Waals surface area contributed by atoms with E-state index < -0.39 is 0 Å². The lowest BCUT2D eigenvalue weighted by atomic mass is 9.64. The Morgan fingerprint density at radius 3 is 2.63 bits per heavy atom. The van der Waals surface area contributed by atoms with Gasteiger partial charge in [-0.2, -0.15) is 5.10 Å². The van der Waals surface area contributed by atoms with Crippen LogP contribution in [0.2, 0.25) is 0 Å². The molecule has 164 valence electrons. The van der Waals surface area contributed by atoms with Gasteiger partial charge in [-0.3, -0.25) is 9.67 Å². The quantitative estimate of drug-likeness (QED) is 0.347. The molecule has 2 N–H and O–H groups in total. The summed E-state index contributed by atoms with van der Waals surface area (Å²) in [7, 11) is 1.82. The molecule has 2 aliphatic carbocycles. The second kappa shape index (κ2) is 9.66. The Hall–Kier alpha value is -1.64. The number of benzene rings is 1. The van der Waals surface area contributed by atoms with E-state index in [9.17, 15) is 4.39 Å². The first-order valence-corrected chi connectivity index (χ1v) is 10.8. The molecule has 5 nitrogen and oxygen atoms in total. The van der Waals surface area contributed by atoms with Crippen LogP contribution in [-0.4, -0.2) is 35.4 Å². The van der Waals surface area contributed by atoms with Gasteiger partial charge >= 0.3 is 0 Å². The number of hydrogen-bond acceptors (Lipinski definition) is 2. The van der Waals surface area contributed by atoms with E-state index in [2.05, 4.69) is 40.4 Å². The molecule has 30 heavy (non-hydrogen) atoms. The van der Waals surface area contributed by atoms with Crippen molar-refractivity contribution < 1.29 is 4.39 Å². The number of guanidine groups is 1. The van der Waals surface area contributed by atoms with Gasteiger partial charge < -0.3 is 10.6 Å². The van der Waals surface area contributed by atoms with Gasteiger partial charge in [0.2, 0.25) is 0 Å². The number of nitrogens with zero attached hydrogens (tertiary/aromatic N) is 3. The molecule has 1 heterocycles. The minimum atomic E-state index is -0.176. The number of aromatic nitrogens is 2. The average Bonchev–Trinajstić information content (AvgIpc) is 3.11. The third-order valence-electron chi connectivity index (χ3n) is 6.55. The Labute approximate surface area is 195 Å². The second-order valence-electron chi connectivity index (χ2n) is 8.83. The van der Waals surface area contributed by atoms with Crippen LogP contribution in [0.4, 0.5) is 4.39 Å². The Morgan fingerprint density at radius 2 is 2.03 bits per heavy atom. The lowest BCUT2D eigenvalue weighted by molar-refractivity contribution is 0.243. The molecule has 1 aromatic carbocycles. The molecule has 0 amide bonds. The normalized spacial score (nSPS) is 20.2. The topological polar surface area (TPSA) is 54.2 Å². The summed E-state index contributed by atoms with van der Waals surface area (Å²) in [5.41, 5.74) is 3.89. The van der Waals surface area contributed by atoms with Crippen LogP contribution in [0.5, 0.6) is 0 Å². The van der Waals surface area contributed by atoms with Crippen LogP contribution in [0, 0.1) is 5.82 Å². The van der Waals surface area contributed by atoms with Crippen molar-refractivity contribution in [2.45, 2.75) is 69.9 Å². The highest BCUT2D eigenvalue weighted by Gasteiger charge is 2.38. The van der Waals surface area contributed by atoms with Crippen molar-refractivity contribution in [3.8, 4) is 0 Å². The first kappa shape index (κ1) is 23.0. The van der Waals surface area contributed by atoms with E-state index in [1.165, 1.54) is 23.2 Å². The maximum Gasteiger partial charge on any atom is 0.191 e. The summed E-state index contributed by atoms with van der Waals surface area (Å²) in [6, 6.07) is 7.73. The Morgan fingerprint density at radius 1 is 1.30 bits per heavy atom. The summed E-state index contributed by atoms with van der Waals surface area (Å²) < 4.78 is 15.4. The van der Waals surface area contributed by atoms with Crippen LogP contribution >= 0.6 is 24.0 Å². The first-order chi connectivity index (χ1) is 14.0. The molecule has 1 fully saturated rings. The van der Waals surface area contributed by atoms with Crippen molar-refractivity contribution in [1.82, 2.24) is 20.4 Å². The molecule has 1 atom stereocenters. The minimum absolute atomic E-state index is 0. The van der Waals surface area contributed by atoms with Crippen LogP contribution in [0.25, 0.3) is 0 Å². The predicted octanol–water partition coefficient (Wildman–Crippen LogP) is 4.37. The summed E-state index contributed by atoms with van der Waals surface area (Å²) in [5, 5.41) is 11.9. The van der Waals surface area contributed by atoms with Gasteiger partial charge in [0.05, 0.1) is 5.69 Å². The van der Waals surface area contributed by atoms with Gasteiger partial charge in [-0.25, -0.2) is 4.39 Å². The van der Waals surface area contributed by atoms with Crippen LogP contribution in [0.1, 0.15) is 62.4 Å². The van der Waals surface area contributed by atoms with Gasteiger partial charge in [0.15, 0.2) is 5.96 Å². The van der Waals surface area contributed by atoms with E-state index in [0.717, 1.165) is 44.6 Å². The summed E-state index contributed by atoms with van der Waals surface area (Å²) in [6.07, 6.45) is 8.74. The molecule has 1 aromatic heterocycles. The molecule has 0 bridgehead atoms. The second-order valence-corrected chi connectivity index (χ2v) is 8.83. The zero-order valence-electron chi connectivity index (χ0n) is 18.1. The summed E-state index contributed by atoms with van der Waals surface area (Å²) in [5.74, 6) is 0.667. The maximum absolute atomic E-state index is 13.3. The fourth-order valence-electron chi connectivity index (χ4n) is 4.52. The van der Waals surface area contributed by atoms with Crippen molar-refractivity contribution in [2.75, 3.05) is 13.6 Å². The summed E-state index contributed by atoms with van der Waals surface area (Å²) in [4.78, 5) is 4.45. The molecular formula is C23H33FIN5. The lowest BCUT2D eigenvalue weighted by Gasteiger charge is -2.43. The van der Waals surface area contributed by atoms with E-state index in [1.54, 1.807) is 12.1 Å². The zero-order valence-corrected chi connectivity index (χ0v) is 20.4. The third kappa shape index (κ3) is 4.81. The molecule has 2 aromatic rings. The number of aryl methyl sites for hydroxylation is 1. The van der Waals surface area contributed by atoms with Crippen LogP contribution in [0.15, 0.2) is 35.5 Å². The molecule has 1 saturated carbocycles. The average molecular weight is 525 g/mol. The Bertz CT molecular complexity index is 870. The van der Waals surface area contributed by atoms with E-state index in [-0.39, 0.29) is 35.2 Å². The fourth-order valence-corrected chi connectivity index (χ4v) is 4.52. The van der Waals surface area contributed by atoms with Gasteiger partial charge in [0, 0.05) is 43.7 Å². The molecular weight excluding hydrogens is 492 g/mol. The highest BCUT2D eigenvalue weighted by atomic mass is 127. The maximum atomic E-state index is 13.3. The van der Waals surface area contributed by atoms with Crippen molar-refractivity contribution in [3.05, 3.63) is 53.1 Å². The summed E-state index contributed by atoms with van der Waals surface area (Å²) in [6.45, 7) is 5.15. The SMILES string of the molecule is CN=C(NCC1(c2ccc(F)cc2)CCC1)NC1CCc2cn(C(C)C)nc2C1.I. The number of nitrogens with one attached hydrogen (secondary N) is 2. The van der Waals surface area contributed by atoms with Crippen molar-refractivity contribution >= 4 is 29.9 Å². The van der Waals surface area contributed by atoms with Gasteiger partial charge in [-0.1, -0.05) is 18.6 Å². The number of aliphatic imine (C=N–C) groups is 1. The number of hydrogen-bond donors (Lipinski definition) is 2. The highest BCUT2D eigenvalue weighted by molar-refractivity contribution is 14.0.